The first kappa shape index (κ1) is 7.37. The molecule has 12 heavy (non-hydrogen) atoms. The van der Waals surface area contributed by atoms with Crippen LogP contribution in [0.4, 0.5) is 5.69 Å². The smallest absolute Gasteiger partial charge is 0.0401 e. The van der Waals surface area contributed by atoms with Crippen LogP contribution in [0, 0.1) is 6.07 Å². The zero-order chi connectivity index (χ0) is 8.39. The monoisotopic (exact) mass is 174 g/mol. The third-order valence-electron chi connectivity index (χ3n) is 1.63. The fourth-order valence-electron chi connectivity index (χ4n) is 1.08. The Morgan fingerprint density at radius 1 is 1.33 bits per heavy atom. The molecule has 2 rings (SSSR count). The Kier molecular flexibility index (Phi) is 1.84. The van der Waals surface area contributed by atoms with Gasteiger partial charge >= 0.3 is 0 Å². The van der Waals surface area contributed by atoms with Crippen molar-refractivity contribution in [3.05, 3.63) is 41.8 Å². The highest BCUT2D eigenvalue weighted by molar-refractivity contribution is 7.13. The third-order valence-corrected chi connectivity index (χ3v) is 2.55. The van der Waals surface area contributed by atoms with Crippen LogP contribution in [0.25, 0.3) is 10.4 Å². The third kappa shape index (κ3) is 1.34. The summed E-state index contributed by atoms with van der Waals surface area (Å²) in [5.41, 5.74) is 7.48. The van der Waals surface area contributed by atoms with E-state index in [-0.39, 0.29) is 0 Å². The largest absolute Gasteiger partial charge is 0.398 e. The van der Waals surface area contributed by atoms with Crippen molar-refractivity contribution in [2.24, 2.45) is 0 Å². The molecule has 1 nitrogen and oxygen atoms in total. The highest BCUT2D eigenvalue weighted by Crippen LogP contribution is 2.25. The van der Waals surface area contributed by atoms with Gasteiger partial charge in [0.15, 0.2) is 0 Å². The van der Waals surface area contributed by atoms with Gasteiger partial charge in [-0.3, -0.25) is 0 Å². The molecular formula is C10H8NS. The van der Waals surface area contributed by atoms with Crippen molar-refractivity contribution < 1.29 is 0 Å². The lowest BCUT2D eigenvalue weighted by molar-refractivity contribution is 1.66. The summed E-state index contributed by atoms with van der Waals surface area (Å²) in [6.45, 7) is 0. The average Bonchev–Trinajstić information content (AvgIpc) is 2.56. The molecule has 0 spiro atoms. The number of nitrogen functional groups attached to an aromatic ring is 1. The van der Waals surface area contributed by atoms with Gasteiger partial charge in [0.05, 0.1) is 0 Å². The highest BCUT2D eigenvalue weighted by atomic mass is 32.1. The van der Waals surface area contributed by atoms with Gasteiger partial charge < -0.3 is 5.73 Å². The number of hydrogen-bond acceptors (Lipinski definition) is 2. The molecule has 1 aromatic carbocycles. The molecule has 0 aliphatic carbocycles. The van der Waals surface area contributed by atoms with Gasteiger partial charge in [-0.25, -0.2) is 0 Å². The Bertz CT molecular complexity index is 365. The van der Waals surface area contributed by atoms with Gasteiger partial charge in [-0.1, -0.05) is 18.2 Å². The van der Waals surface area contributed by atoms with E-state index in [0.29, 0.717) is 5.69 Å². The molecule has 0 amide bonds. The SMILES string of the molecule is Nc1[c]ccc(-c2cccs2)c1. The molecule has 0 aliphatic heterocycles. The zero-order valence-electron chi connectivity index (χ0n) is 6.45. The number of benzene rings is 1. The van der Waals surface area contributed by atoms with Crippen molar-refractivity contribution >= 4 is 17.0 Å². The highest BCUT2D eigenvalue weighted by Gasteiger charge is 1.97. The van der Waals surface area contributed by atoms with Crippen LogP contribution in [0.5, 0.6) is 0 Å². The second kappa shape index (κ2) is 2.99. The summed E-state index contributed by atoms with van der Waals surface area (Å²) in [5.74, 6) is 0. The van der Waals surface area contributed by atoms with Crippen LogP contribution < -0.4 is 5.73 Å². The maximum absolute atomic E-state index is 5.61. The first-order valence-corrected chi connectivity index (χ1v) is 4.55. The fraction of sp³-hybridized carbons (Fsp3) is 0. The van der Waals surface area contributed by atoms with E-state index in [1.807, 2.05) is 24.3 Å². The minimum atomic E-state index is 0.695. The van der Waals surface area contributed by atoms with E-state index in [2.05, 4.69) is 17.5 Å². The molecular weight excluding hydrogens is 166 g/mol. The lowest BCUT2D eigenvalue weighted by Gasteiger charge is -1.97. The van der Waals surface area contributed by atoms with Crippen LogP contribution in [-0.4, -0.2) is 0 Å². The van der Waals surface area contributed by atoms with Gasteiger partial charge in [0.1, 0.15) is 0 Å². The molecule has 1 radical (unpaired) electrons. The van der Waals surface area contributed by atoms with Gasteiger partial charge in [0, 0.05) is 16.6 Å². The van der Waals surface area contributed by atoms with E-state index in [0.717, 1.165) is 0 Å². The molecule has 0 saturated heterocycles. The molecule has 0 bridgehead atoms. The molecule has 0 unspecified atom stereocenters. The van der Waals surface area contributed by atoms with Crippen LogP contribution in [-0.2, 0) is 0 Å². The first-order valence-electron chi connectivity index (χ1n) is 3.67. The minimum absolute atomic E-state index is 0.695. The lowest BCUT2D eigenvalue weighted by Crippen LogP contribution is -1.83. The van der Waals surface area contributed by atoms with Gasteiger partial charge in [-0.05, 0) is 23.1 Å². The Labute approximate surface area is 75.5 Å². The summed E-state index contributed by atoms with van der Waals surface area (Å²) in [6.07, 6.45) is 0. The molecule has 59 valence electrons. The summed E-state index contributed by atoms with van der Waals surface area (Å²) in [7, 11) is 0. The fourth-order valence-corrected chi connectivity index (χ4v) is 1.80. The summed E-state index contributed by atoms with van der Waals surface area (Å²) in [4.78, 5) is 1.25. The zero-order valence-corrected chi connectivity index (χ0v) is 7.27. The van der Waals surface area contributed by atoms with Crippen molar-refractivity contribution in [1.29, 1.82) is 0 Å². The number of thiophene rings is 1. The molecule has 2 heteroatoms. The van der Waals surface area contributed by atoms with Crippen molar-refractivity contribution in [1.82, 2.24) is 0 Å². The van der Waals surface area contributed by atoms with E-state index < -0.39 is 0 Å². The molecule has 2 N–H and O–H groups in total. The number of anilines is 1. The van der Waals surface area contributed by atoms with Gasteiger partial charge in [-0.15, -0.1) is 11.3 Å². The second-order valence-electron chi connectivity index (χ2n) is 2.51. The molecule has 0 aliphatic rings. The predicted octanol–water partition coefficient (Wildman–Crippen LogP) is 2.80. The summed E-state index contributed by atoms with van der Waals surface area (Å²) >= 11 is 1.72. The second-order valence-corrected chi connectivity index (χ2v) is 3.46. The molecule has 1 aromatic heterocycles. The van der Waals surface area contributed by atoms with Gasteiger partial charge in [-0.2, -0.15) is 0 Å². The summed E-state index contributed by atoms with van der Waals surface area (Å²) in [6, 6.07) is 12.8. The lowest BCUT2D eigenvalue weighted by atomic mass is 10.2. The van der Waals surface area contributed by atoms with Crippen LogP contribution in [0.15, 0.2) is 35.7 Å². The summed E-state index contributed by atoms with van der Waals surface area (Å²) in [5, 5.41) is 2.06. The van der Waals surface area contributed by atoms with Crippen LogP contribution >= 0.6 is 11.3 Å². The maximum Gasteiger partial charge on any atom is 0.0401 e. The number of hydrogen-bond donors (Lipinski definition) is 1. The predicted molar refractivity (Wildman–Crippen MR) is 53.0 cm³/mol. The standard InChI is InChI=1S/C10H8NS/c11-9-4-1-3-8(7-9)10-5-2-6-12-10/h1-3,5-7H,11H2. The average molecular weight is 174 g/mol. The minimum Gasteiger partial charge on any atom is -0.398 e. The topological polar surface area (TPSA) is 26.0 Å². The summed E-state index contributed by atoms with van der Waals surface area (Å²) < 4.78 is 0. The Morgan fingerprint density at radius 3 is 2.92 bits per heavy atom. The maximum atomic E-state index is 5.61. The molecule has 2 aromatic rings. The van der Waals surface area contributed by atoms with E-state index in [1.165, 1.54) is 10.4 Å². The Hall–Kier alpha value is -1.28. The van der Waals surface area contributed by atoms with Gasteiger partial charge in [0.25, 0.3) is 0 Å². The van der Waals surface area contributed by atoms with Crippen LogP contribution in [0.1, 0.15) is 0 Å². The molecule has 0 atom stereocenters. The van der Waals surface area contributed by atoms with Crippen LogP contribution in [0.3, 0.4) is 0 Å². The molecule has 0 fully saturated rings. The van der Waals surface area contributed by atoms with Crippen molar-refractivity contribution in [3.63, 3.8) is 0 Å². The van der Waals surface area contributed by atoms with Crippen molar-refractivity contribution in [2.75, 3.05) is 5.73 Å². The van der Waals surface area contributed by atoms with E-state index in [9.17, 15) is 0 Å². The quantitative estimate of drug-likeness (QED) is 0.661. The molecule has 1 heterocycles. The van der Waals surface area contributed by atoms with Gasteiger partial charge in [0.2, 0.25) is 0 Å². The van der Waals surface area contributed by atoms with Crippen molar-refractivity contribution in [3.8, 4) is 10.4 Å². The van der Waals surface area contributed by atoms with E-state index in [1.54, 1.807) is 11.3 Å². The Morgan fingerprint density at radius 2 is 2.25 bits per heavy atom. The van der Waals surface area contributed by atoms with Crippen LogP contribution in [0.2, 0.25) is 0 Å². The first-order chi connectivity index (χ1) is 5.86. The Balaban J connectivity index is 2.48. The normalized spacial score (nSPS) is 10.0. The van der Waals surface area contributed by atoms with E-state index in [4.69, 9.17) is 5.73 Å². The number of rotatable bonds is 1. The number of nitrogens with two attached hydrogens (primary N) is 1. The van der Waals surface area contributed by atoms with Crippen molar-refractivity contribution in [2.45, 2.75) is 0 Å². The molecule has 0 saturated carbocycles. The van der Waals surface area contributed by atoms with E-state index >= 15 is 0 Å².